The van der Waals surface area contributed by atoms with Crippen molar-refractivity contribution < 1.29 is 13.5 Å². The Bertz CT molecular complexity index is 147. The van der Waals surface area contributed by atoms with Gasteiger partial charge in [0.25, 0.3) is 0 Å². The zero-order valence-corrected chi connectivity index (χ0v) is 5.65. The van der Waals surface area contributed by atoms with Gasteiger partial charge in [-0.05, 0) is 12.8 Å². The van der Waals surface area contributed by atoms with Crippen LogP contribution in [-0.4, -0.2) is 12.2 Å². The Labute approximate surface area is 58.4 Å². The molecule has 2 fully saturated rings. The molecular weight excluding hydrogens is 138 g/mol. The highest BCUT2D eigenvalue weighted by atomic mass is 19.3. The van der Waals surface area contributed by atoms with E-state index in [1.165, 1.54) is 0 Å². The molecular formula is C7H10F2O. The van der Waals surface area contributed by atoms with Crippen LogP contribution < -0.4 is 0 Å². The lowest BCUT2D eigenvalue weighted by atomic mass is 9.81. The molecule has 1 aliphatic carbocycles. The van der Waals surface area contributed by atoms with Crippen LogP contribution in [0.4, 0.5) is 8.78 Å². The maximum Gasteiger partial charge on any atom is 0.361 e. The van der Waals surface area contributed by atoms with Crippen molar-refractivity contribution in [2.45, 2.75) is 37.9 Å². The number of hydrogen-bond donors (Lipinski definition) is 0. The van der Waals surface area contributed by atoms with Crippen LogP contribution in [0.1, 0.15) is 25.7 Å². The van der Waals surface area contributed by atoms with Crippen molar-refractivity contribution in [2.75, 3.05) is 0 Å². The molecule has 2 unspecified atom stereocenters. The highest BCUT2D eigenvalue weighted by molar-refractivity contribution is 4.90. The fourth-order valence-electron chi connectivity index (χ4n) is 1.84. The first-order valence-electron chi connectivity index (χ1n) is 3.76. The summed E-state index contributed by atoms with van der Waals surface area (Å²) in [6.07, 6.45) is 0.573. The van der Waals surface area contributed by atoms with Gasteiger partial charge in [-0.15, -0.1) is 0 Å². The van der Waals surface area contributed by atoms with Crippen molar-refractivity contribution in [1.82, 2.24) is 0 Å². The molecule has 58 valence electrons. The van der Waals surface area contributed by atoms with E-state index in [-0.39, 0.29) is 6.10 Å². The molecule has 0 aromatic carbocycles. The minimum absolute atomic E-state index is 0.122. The summed E-state index contributed by atoms with van der Waals surface area (Å²) in [7, 11) is 0. The monoisotopic (exact) mass is 148 g/mol. The molecule has 1 heterocycles. The zero-order valence-electron chi connectivity index (χ0n) is 5.65. The van der Waals surface area contributed by atoms with Crippen LogP contribution in [0.25, 0.3) is 0 Å². The van der Waals surface area contributed by atoms with Gasteiger partial charge < -0.3 is 4.74 Å². The van der Waals surface area contributed by atoms with Crippen LogP contribution in [0.5, 0.6) is 0 Å². The second kappa shape index (κ2) is 1.91. The zero-order chi connectivity index (χ0) is 7.19. The summed E-state index contributed by atoms with van der Waals surface area (Å²) >= 11 is 0. The molecule has 0 amide bonds. The first kappa shape index (κ1) is 6.53. The molecule has 1 aliphatic heterocycles. The second-order valence-corrected chi connectivity index (χ2v) is 3.11. The van der Waals surface area contributed by atoms with Crippen LogP contribution in [0.15, 0.2) is 0 Å². The molecule has 10 heavy (non-hydrogen) atoms. The van der Waals surface area contributed by atoms with Crippen LogP contribution in [-0.2, 0) is 4.74 Å². The van der Waals surface area contributed by atoms with Crippen LogP contribution in [0.3, 0.4) is 0 Å². The molecule has 1 saturated carbocycles. The lowest BCUT2D eigenvalue weighted by molar-refractivity contribution is -0.401. The fraction of sp³-hybridized carbons (Fsp3) is 1.00. The molecule has 2 atom stereocenters. The maximum atomic E-state index is 12.5. The van der Waals surface area contributed by atoms with Crippen LogP contribution in [0.2, 0.25) is 0 Å². The Morgan fingerprint density at radius 3 is 2.40 bits per heavy atom. The van der Waals surface area contributed by atoms with Gasteiger partial charge in [-0.3, -0.25) is 0 Å². The fourth-order valence-corrected chi connectivity index (χ4v) is 1.84. The summed E-state index contributed by atoms with van der Waals surface area (Å²) in [5.41, 5.74) is 0. The average Bonchev–Trinajstić information content (AvgIpc) is 1.86. The van der Waals surface area contributed by atoms with Gasteiger partial charge in [0.15, 0.2) is 0 Å². The summed E-state index contributed by atoms with van der Waals surface area (Å²) in [5, 5.41) is 0. The molecule has 0 radical (unpaired) electrons. The van der Waals surface area contributed by atoms with E-state index < -0.39 is 12.0 Å². The van der Waals surface area contributed by atoms with Crippen molar-refractivity contribution >= 4 is 0 Å². The number of rotatable bonds is 0. The Hall–Kier alpha value is -0.180. The van der Waals surface area contributed by atoms with Gasteiger partial charge in [-0.1, -0.05) is 12.8 Å². The van der Waals surface area contributed by atoms with E-state index in [1.54, 1.807) is 0 Å². The standard InChI is InChI=1S/C7H10F2O/c8-7(9)5-3-1-2-4-6(5)10-7/h5-6H,1-4H2. The number of alkyl halides is 2. The van der Waals surface area contributed by atoms with Gasteiger partial charge in [-0.25, -0.2) is 0 Å². The molecule has 0 aromatic rings. The van der Waals surface area contributed by atoms with E-state index in [1.807, 2.05) is 0 Å². The topological polar surface area (TPSA) is 9.23 Å². The quantitative estimate of drug-likeness (QED) is 0.511. The Balaban J connectivity index is 2.01. The Morgan fingerprint density at radius 2 is 1.90 bits per heavy atom. The average molecular weight is 148 g/mol. The molecule has 1 saturated heterocycles. The van der Waals surface area contributed by atoms with Gasteiger partial charge in [-0.2, -0.15) is 8.78 Å². The minimum atomic E-state index is -2.79. The first-order valence-corrected chi connectivity index (χ1v) is 3.76. The first-order chi connectivity index (χ1) is 4.70. The van der Waals surface area contributed by atoms with Crippen molar-refractivity contribution in [3.63, 3.8) is 0 Å². The van der Waals surface area contributed by atoms with E-state index in [2.05, 4.69) is 4.74 Å². The third-order valence-electron chi connectivity index (χ3n) is 2.44. The number of hydrogen-bond acceptors (Lipinski definition) is 1. The molecule has 3 heteroatoms. The lowest BCUT2D eigenvalue weighted by Crippen LogP contribution is -2.55. The molecule has 2 aliphatic rings. The van der Waals surface area contributed by atoms with Crippen molar-refractivity contribution in [2.24, 2.45) is 5.92 Å². The van der Waals surface area contributed by atoms with E-state index in [0.29, 0.717) is 6.42 Å². The normalized spacial score (nSPS) is 43.8. The van der Waals surface area contributed by atoms with Gasteiger partial charge >= 0.3 is 6.11 Å². The molecule has 0 spiro atoms. The minimum Gasteiger partial charge on any atom is -0.316 e. The van der Waals surface area contributed by atoms with Crippen LogP contribution in [0, 0.1) is 5.92 Å². The van der Waals surface area contributed by atoms with Gasteiger partial charge in [0.05, 0.1) is 12.0 Å². The summed E-state index contributed by atoms with van der Waals surface area (Å²) in [4.78, 5) is 0. The summed E-state index contributed by atoms with van der Waals surface area (Å²) in [6, 6.07) is 0. The highest BCUT2D eigenvalue weighted by Gasteiger charge is 2.57. The number of ether oxygens (including phenoxy) is 1. The van der Waals surface area contributed by atoms with E-state index in [9.17, 15) is 8.78 Å². The number of halogens is 2. The predicted octanol–water partition coefficient (Wildman–Crippen LogP) is 2.17. The summed E-state index contributed by atoms with van der Waals surface area (Å²) < 4.78 is 29.3. The third kappa shape index (κ3) is 0.764. The van der Waals surface area contributed by atoms with Crippen LogP contribution >= 0.6 is 0 Å². The smallest absolute Gasteiger partial charge is 0.316 e. The molecule has 2 rings (SSSR count). The Kier molecular flexibility index (Phi) is 1.24. The lowest BCUT2D eigenvalue weighted by Gasteiger charge is -2.46. The highest BCUT2D eigenvalue weighted by Crippen LogP contribution is 2.48. The molecule has 0 N–H and O–H groups in total. The summed E-state index contributed by atoms with van der Waals surface area (Å²) in [5.74, 6) is -0.457. The predicted molar refractivity (Wildman–Crippen MR) is 31.8 cm³/mol. The molecule has 1 nitrogen and oxygen atoms in total. The van der Waals surface area contributed by atoms with Gasteiger partial charge in [0, 0.05) is 0 Å². The molecule has 0 aromatic heterocycles. The van der Waals surface area contributed by atoms with E-state index in [4.69, 9.17) is 0 Å². The molecule has 0 bridgehead atoms. The van der Waals surface area contributed by atoms with Gasteiger partial charge in [0.1, 0.15) is 0 Å². The third-order valence-corrected chi connectivity index (χ3v) is 2.44. The Morgan fingerprint density at radius 1 is 1.20 bits per heavy atom. The van der Waals surface area contributed by atoms with Crippen molar-refractivity contribution in [1.29, 1.82) is 0 Å². The second-order valence-electron chi connectivity index (χ2n) is 3.11. The van der Waals surface area contributed by atoms with E-state index in [0.717, 1.165) is 19.3 Å². The van der Waals surface area contributed by atoms with Gasteiger partial charge in [0.2, 0.25) is 0 Å². The van der Waals surface area contributed by atoms with E-state index >= 15 is 0 Å². The largest absolute Gasteiger partial charge is 0.361 e. The van der Waals surface area contributed by atoms with Crippen molar-refractivity contribution in [3.05, 3.63) is 0 Å². The number of fused-ring (bicyclic) bond motifs is 1. The summed E-state index contributed by atoms with van der Waals surface area (Å²) in [6.45, 7) is 0. The maximum absolute atomic E-state index is 12.5. The van der Waals surface area contributed by atoms with Crippen molar-refractivity contribution in [3.8, 4) is 0 Å². The SMILES string of the molecule is FC1(F)OC2CCCCC21.